The molecule has 3 N–H and O–H groups in total. The summed E-state index contributed by atoms with van der Waals surface area (Å²) in [5.74, 6) is 0.593. The molecule has 1 aliphatic heterocycles. The van der Waals surface area contributed by atoms with Gasteiger partial charge in [-0.05, 0) is 37.6 Å². The molecule has 6 heteroatoms. The van der Waals surface area contributed by atoms with Crippen molar-refractivity contribution in [3.63, 3.8) is 0 Å². The third-order valence-corrected chi connectivity index (χ3v) is 5.15. The van der Waals surface area contributed by atoms with Gasteiger partial charge in [0.05, 0.1) is 13.2 Å². The van der Waals surface area contributed by atoms with Crippen LogP contribution in [0.15, 0.2) is 4.99 Å². The third kappa shape index (κ3) is 6.65. The maximum absolute atomic E-state index is 6.03. The zero-order valence-electron chi connectivity index (χ0n) is 14.7. The molecule has 0 radical (unpaired) electrons. The predicted molar refractivity (Wildman–Crippen MR) is 93.8 cm³/mol. The highest BCUT2D eigenvalue weighted by atomic mass is 16.5. The van der Waals surface area contributed by atoms with Crippen molar-refractivity contribution in [2.24, 2.45) is 16.1 Å². The highest BCUT2D eigenvalue weighted by molar-refractivity contribution is 5.77. The number of hydrogen-bond acceptors (Lipinski definition) is 4. The van der Waals surface area contributed by atoms with Crippen molar-refractivity contribution in [2.45, 2.75) is 38.5 Å². The fourth-order valence-electron chi connectivity index (χ4n) is 3.58. The van der Waals surface area contributed by atoms with Gasteiger partial charge in [0.2, 0.25) is 0 Å². The highest BCUT2D eigenvalue weighted by Gasteiger charge is 2.33. The number of rotatable bonds is 9. The second kappa shape index (κ2) is 10.1. The Labute approximate surface area is 140 Å². The number of guanidine groups is 1. The van der Waals surface area contributed by atoms with Gasteiger partial charge in [-0.2, -0.15) is 0 Å². The second-order valence-electron chi connectivity index (χ2n) is 6.89. The van der Waals surface area contributed by atoms with Crippen LogP contribution in [0.2, 0.25) is 0 Å². The summed E-state index contributed by atoms with van der Waals surface area (Å²) < 4.78 is 10.6. The predicted octanol–water partition coefficient (Wildman–Crippen LogP) is 1.21. The highest BCUT2D eigenvalue weighted by Crippen LogP contribution is 2.41. The van der Waals surface area contributed by atoms with Gasteiger partial charge in [-0.3, -0.25) is 9.89 Å². The molecule has 2 aliphatic rings. The SMILES string of the molecule is COCCC1(CN=C(N)NCCCN2CCOCC2)CCCC1. The maximum atomic E-state index is 6.03. The van der Waals surface area contributed by atoms with Crippen LogP contribution in [-0.2, 0) is 9.47 Å². The minimum atomic E-state index is 0.316. The molecule has 0 aromatic rings. The number of aliphatic imine (C=N–C) groups is 1. The van der Waals surface area contributed by atoms with Crippen LogP contribution in [-0.4, -0.2) is 70.5 Å². The van der Waals surface area contributed by atoms with Gasteiger partial charge in [-0.25, -0.2) is 0 Å². The van der Waals surface area contributed by atoms with E-state index in [1.54, 1.807) is 7.11 Å². The van der Waals surface area contributed by atoms with Crippen molar-refractivity contribution in [2.75, 3.05) is 59.7 Å². The lowest BCUT2D eigenvalue weighted by atomic mass is 9.83. The average molecular weight is 326 g/mol. The molecule has 1 saturated carbocycles. The number of methoxy groups -OCH3 is 1. The van der Waals surface area contributed by atoms with Gasteiger partial charge in [0.1, 0.15) is 0 Å². The van der Waals surface area contributed by atoms with Crippen LogP contribution in [0.5, 0.6) is 0 Å². The van der Waals surface area contributed by atoms with Crippen LogP contribution in [0.3, 0.4) is 0 Å². The van der Waals surface area contributed by atoms with E-state index in [1.807, 2.05) is 0 Å². The molecule has 23 heavy (non-hydrogen) atoms. The molecule has 0 bridgehead atoms. The first-order valence-corrected chi connectivity index (χ1v) is 9.07. The van der Waals surface area contributed by atoms with Gasteiger partial charge >= 0.3 is 0 Å². The summed E-state index contributed by atoms with van der Waals surface area (Å²) in [6.07, 6.45) is 7.31. The van der Waals surface area contributed by atoms with Gasteiger partial charge in [0, 0.05) is 39.9 Å². The number of hydrogen-bond donors (Lipinski definition) is 2. The first-order chi connectivity index (χ1) is 11.2. The topological polar surface area (TPSA) is 72.1 Å². The Bertz CT molecular complexity index is 351. The first kappa shape index (κ1) is 18.5. The summed E-state index contributed by atoms with van der Waals surface area (Å²) in [4.78, 5) is 7.05. The van der Waals surface area contributed by atoms with Crippen molar-refractivity contribution >= 4 is 5.96 Å². The van der Waals surface area contributed by atoms with Gasteiger partial charge in [-0.15, -0.1) is 0 Å². The Morgan fingerprint density at radius 3 is 2.74 bits per heavy atom. The van der Waals surface area contributed by atoms with Gasteiger partial charge < -0.3 is 20.5 Å². The van der Waals surface area contributed by atoms with Crippen LogP contribution in [0, 0.1) is 5.41 Å². The van der Waals surface area contributed by atoms with Crippen molar-refractivity contribution in [3.8, 4) is 0 Å². The maximum Gasteiger partial charge on any atom is 0.188 e. The van der Waals surface area contributed by atoms with E-state index in [1.165, 1.54) is 25.7 Å². The Morgan fingerprint density at radius 2 is 2.04 bits per heavy atom. The van der Waals surface area contributed by atoms with Crippen molar-refractivity contribution in [3.05, 3.63) is 0 Å². The van der Waals surface area contributed by atoms with E-state index in [2.05, 4.69) is 15.2 Å². The van der Waals surface area contributed by atoms with E-state index in [4.69, 9.17) is 15.2 Å². The molecule has 0 aromatic carbocycles. The van der Waals surface area contributed by atoms with Crippen molar-refractivity contribution in [1.82, 2.24) is 10.2 Å². The smallest absolute Gasteiger partial charge is 0.188 e. The molecule has 2 fully saturated rings. The fraction of sp³-hybridized carbons (Fsp3) is 0.941. The Kier molecular flexibility index (Phi) is 8.12. The number of ether oxygens (including phenoxy) is 2. The van der Waals surface area contributed by atoms with Gasteiger partial charge in [0.25, 0.3) is 0 Å². The average Bonchev–Trinajstić information content (AvgIpc) is 3.05. The van der Waals surface area contributed by atoms with Crippen LogP contribution in [0.4, 0.5) is 0 Å². The lowest BCUT2D eigenvalue weighted by Crippen LogP contribution is -2.39. The van der Waals surface area contributed by atoms with E-state index in [0.717, 1.165) is 65.4 Å². The molecule has 0 aromatic heterocycles. The molecule has 0 spiro atoms. The zero-order valence-corrected chi connectivity index (χ0v) is 14.7. The van der Waals surface area contributed by atoms with Crippen LogP contribution >= 0.6 is 0 Å². The molecule has 1 saturated heterocycles. The number of nitrogens with one attached hydrogen (secondary N) is 1. The van der Waals surface area contributed by atoms with Crippen molar-refractivity contribution in [1.29, 1.82) is 0 Å². The molecule has 1 heterocycles. The minimum absolute atomic E-state index is 0.316. The Morgan fingerprint density at radius 1 is 1.30 bits per heavy atom. The standard InChI is InChI=1S/C17H34N4O2/c1-22-12-7-17(5-2-3-6-17)15-20-16(18)19-8-4-9-21-10-13-23-14-11-21/h2-15H2,1H3,(H3,18,19,20). The van der Waals surface area contributed by atoms with E-state index < -0.39 is 0 Å². The molecule has 0 atom stereocenters. The molecule has 134 valence electrons. The quantitative estimate of drug-likeness (QED) is 0.378. The number of nitrogens with two attached hydrogens (primary N) is 1. The van der Waals surface area contributed by atoms with E-state index in [-0.39, 0.29) is 0 Å². The number of morpholine rings is 1. The molecular weight excluding hydrogens is 292 g/mol. The monoisotopic (exact) mass is 326 g/mol. The molecule has 0 amide bonds. The molecule has 0 unspecified atom stereocenters. The minimum Gasteiger partial charge on any atom is -0.385 e. The van der Waals surface area contributed by atoms with Crippen LogP contribution < -0.4 is 11.1 Å². The number of nitrogens with zero attached hydrogens (tertiary/aromatic N) is 2. The van der Waals surface area contributed by atoms with Crippen molar-refractivity contribution < 1.29 is 9.47 Å². The molecule has 2 rings (SSSR count). The third-order valence-electron chi connectivity index (χ3n) is 5.15. The fourth-order valence-corrected chi connectivity index (χ4v) is 3.58. The molecular formula is C17H34N4O2. The second-order valence-corrected chi connectivity index (χ2v) is 6.89. The van der Waals surface area contributed by atoms with Crippen LogP contribution in [0.1, 0.15) is 38.5 Å². The lowest BCUT2D eigenvalue weighted by Gasteiger charge is -2.27. The van der Waals surface area contributed by atoms with E-state index in [9.17, 15) is 0 Å². The van der Waals surface area contributed by atoms with E-state index in [0.29, 0.717) is 11.4 Å². The largest absolute Gasteiger partial charge is 0.385 e. The normalized spacial score (nSPS) is 22.4. The molecule has 1 aliphatic carbocycles. The van der Waals surface area contributed by atoms with E-state index >= 15 is 0 Å². The Hall–Kier alpha value is -0.850. The van der Waals surface area contributed by atoms with Crippen LogP contribution in [0.25, 0.3) is 0 Å². The zero-order chi connectivity index (χ0) is 16.4. The summed E-state index contributed by atoms with van der Waals surface area (Å²) in [7, 11) is 1.77. The first-order valence-electron chi connectivity index (χ1n) is 9.07. The summed E-state index contributed by atoms with van der Waals surface area (Å²) in [6, 6.07) is 0. The summed E-state index contributed by atoms with van der Waals surface area (Å²) >= 11 is 0. The lowest BCUT2D eigenvalue weighted by molar-refractivity contribution is 0.0376. The Balaban J connectivity index is 1.63. The molecule has 6 nitrogen and oxygen atoms in total. The summed E-state index contributed by atoms with van der Waals surface area (Å²) in [5.41, 5.74) is 6.35. The van der Waals surface area contributed by atoms with Gasteiger partial charge in [0.15, 0.2) is 5.96 Å². The summed E-state index contributed by atoms with van der Waals surface area (Å²) in [5, 5.41) is 3.26. The summed E-state index contributed by atoms with van der Waals surface area (Å²) in [6.45, 7) is 7.46. The van der Waals surface area contributed by atoms with Gasteiger partial charge in [-0.1, -0.05) is 12.8 Å².